The van der Waals surface area contributed by atoms with Crippen LogP contribution < -0.4 is 10.3 Å². The van der Waals surface area contributed by atoms with Gasteiger partial charge in [0.25, 0.3) is 11.5 Å². The average molecular weight is 469 g/mol. The molecule has 7 nitrogen and oxygen atoms in total. The number of amides is 1. The van der Waals surface area contributed by atoms with Crippen molar-refractivity contribution in [2.75, 3.05) is 13.1 Å². The van der Waals surface area contributed by atoms with Crippen LogP contribution in [-0.2, 0) is 9.59 Å². The van der Waals surface area contributed by atoms with E-state index in [9.17, 15) is 14.4 Å². The maximum Gasteiger partial charge on any atom is 0.306 e. The lowest BCUT2D eigenvalue weighted by Crippen LogP contribution is -2.45. The summed E-state index contributed by atoms with van der Waals surface area (Å²) in [6, 6.07) is 10.9. The van der Waals surface area contributed by atoms with E-state index in [1.165, 1.54) is 0 Å². The monoisotopic (exact) mass is 468 g/mol. The highest BCUT2D eigenvalue weighted by molar-refractivity contribution is 6.33. The minimum Gasteiger partial charge on any atom is -0.481 e. The number of ether oxygens (including phenoxy) is 1. The van der Waals surface area contributed by atoms with Gasteiger partial charge in [0.05, 0.1) is 11.3 Å². The van der Waals surface area contributed by atoms with Crippen molar-refractivity contribution in [3.05, 3.63) is 63.5 Å². The van der Waals surface area contributed by atoms with Crippen LogP contribution in [0.3, 0.4) is 0 Å². The van der Waals surface area contributed by atoms with Gasteiger partial charge in [0.1, 0.15) is 5.75 Å². The van der Waals surface area contributed by atoms with Gasteiger partial charge < -0.3 is 19.7 Å². The lowest BCUT2D eigenvalue weighted by molar-refractivity contribution is -0.147. The summed E-state index contributed by atoms with van der Waals surface area (Å²) < 4.78 is 5.87. The van der Waals surface area contributed by atoms with E-state index in [1.54, 1.807) is 36.2 Å². The van der Waals surface area contributed by atoms with Crippen molar-refractivity contribution in [2.45, 2.75) is 32.8 Å². The van der Waals surface area contributed by atoms with Crippen molar-refractivity contribution in [3.63, 3.8) is 0 Å². The molecular formula is C25H25ClN2O5. The number of carboxylic acids is 1. The highest BCUT2D eigenvalue weighted by Gasteiger charge is 2.30. The van der Waals surface area contributed by atoms with Crippen LogP contribution in [0, 0.1) is 12.8 Å². The summed E-state index contributed by atoms with van der Waals surface area (Å²) in [6.07, 6.45) is 1.75. The van der Waals surface area contributed by atoms with Gasteiger partial charge >= 0.3 is 5.97 Å². The summed E-state index contributed by atoms with van der Waals surface area (Å²) in [4.78, 5) is 40.8. The number of piperidine rings is 1. The van der Waals surface area contributed by atoms with Crippen molar-refractivity contribution >= 4 is 34.2 Å². The second-order valence-corrected chi connectivity index (χ2v) is 8.83. The smallest absolute Gasteiger partial charge is 0.306 e. The normalized spacial score (nSPS) is 15.4. The number of aliphatic carboxylic acids is 1. The molecule has 2 heterocycles. The van der Waals surface area contributed by atoms with Gasteiger partial charge in [-0.3, -0.25) is 14.4 Å². The Bertz CT molecular complexity index is 1280. The van der Waals surface area contributed by atoms with Crippen LogP contribution in [0.5, 0.6) is 5.75 Å². The first-order chi connectivity index (χ1) is 15.7. The zero-order valence-electron chi connectivity index (χ0n) is 18.4. The highest BCUT2D eigenvalue weighted by atomic mass is 35.5. The van der Waals surface area contributed by atoms with Crippen LogP contribution in [0.1, 0.15) is 25.3 Å². The van der Waals surface area contributed by atoms with Gasteiger partial charge in [0.2, 0.25) is 0 Å². The predicted octanol–water partition coefficient (Wildman–Crippen LogP) is 4.25. The topological polar surface area (TPSA) is 99.7 Å². The fourth-order valence-electron chi connectivity index (χ4n) is 4.23. The van der Waals surface area contributed by atoms with E-state index in [0.717, 1.165) is 22.1 Å². The van der Waals surface area contributed by atoms with Crippen LogP contribution in [0.2, 0.25) is 5.02 Å². The zero-order valence-corrected chi connectivity index (χ0v) is 19.2. The van der Waals surface area contributed by atoms with E-state index in [4.69, 9.17) is 21.4 Å². The molecule has 0 spiro atoms. The third kappa shape index (κ3) is 4.73. The molecule has 1 fully saturated rings. The summed E-state index contributed by atoms with van der Waals surface area (Å²) in [5, 5.41) is 10.9. The summed E-state index contributed by atoms with van der Waals surface area (Å²) >= 11 is 6.45. The number of H-pyrrole nitrogens is 1. The lowest BCUT2D eigenvalue weighted by Gasteiger charge is -2.32. The fourth-order valence-corrected chi connectivity index (χ4v) is 4.57. The van der Waals surface area contributed by atoms with E-state index in [1.807, 2.05) is 25.1 Å². The number of rotatable bonds is 5. The van der Waals surface area contributed by atoms with Gasteiger partial charge in [-0.15, -0.1) is 0 Å². The SMILES string of the molecule is Cc1ccc(-c2c[nH]c(=O)c3cc(O[C@H](C)C(=O)N4CCC(C(=O)O)CC4)ccc23)c(Cl)c1. The van der Waals surface area contributed by atoms with Gasteiger partial charge in [0, 0.05) is 35.4 Å². The maximum atomic E-state index is 12.8. The van der Waals surface area contributed by atoms with E-state index in [-0.39, 0.29) is 11.5 Å². The molecule has 2 aromatic carbocycles. The molecule has 4 rings (SSSR count). The Morgan fingerprint density at radius 3 is 2.52 bits per heavy atom. The molecule has 3 aromatic rings. The number of carbonyl (C=O) groups is 2. The first-order valence-corrected chi connectivity index (χ1v) is 11.2. The number of aromatic amines is 1. The van der Waals surface area contributed by atoms with Crippen molar-refractivity contribution in [3.8, 4) is 16.9 Å². The quantitative estimate of drug-likeness (QED) is 0.583. The molecule has 8 heteroatoms. The Labute approximate surface area is 195 Å². The molecule has 1 aliphatic heterocycles. The number of halogens is 1. The number of carboxylic acid groups (broad SMARTS) is 1. The largest absolute Gasteiger partial charge is 0.481 e. The Balaban J connectivity index is 1.56. The molecule has 172 valence electrons. The third-order valence-corrected chi connectivity index (χ3v) is 6.42. The molecule has 1 aromatic heterocycles. The number of fused-ring (bicyclic) bond motifs is 1. The molecule has 1 atom stereocenters. The second-order valence-electron chi connectivity index (χ2n) is 8.42. The van der Waals surface area contributed by atoms with Gasteiger partial charge in [-0.2, -0.15) is 0 Å². The molecule has 0 aliphatic carbocycles. The van der Waals surface area contributed by atoms with Crippen molar-refractivity contribution < 1.29 is 19.4 Å². The summed E-state index contributed by atoms with van der Waals surface area (Å²) in [6.45, 7) is 4.40. The number of aromatic nitrogens is 1. The average Bonchev–Trinajstić information content (AvgIpc) is 2.79. The molecule has 1 aliphatic rings. The van der Waals surface area contributed by atoms with Crippen LogP contribution in [0.4, 0.5) is 0 Å². The first-order valence-electron chi connectivity index (χ1n) is 10.8. The van der Waals surface area contributed by atoms with Crippen molar-refractivity contribution in [2.24, 2.45) is 5.92 Å². The number of nitrogens with zero attached hydrogens (tertiary/aromatic N) is 1. The molecule has 0 radical (unpaired) electrons. The third-order valence-electron chi connectivity index (χ3n) is 6.10. The van der Waals surface area contributed by atoms with Gasteiger partial charge in [-0.25, -0.2) is 0 Å². The van der Waals surface area contributed by atoms with Crippen LogP contribution in [-0.4, -0.2) is 46.1 Å². The first kappa shape index (κ1) is 22.9. The Kier molecular flexibility index (Phi) is 6.42. The minimum atomic E-state index is -0.820. The Morgan fingerprint density at radius 1 is 1.12 bits per heavy atom. The Morgan fingerprint density at radius 2 is 1.85 bits per heavy atom. The van der Waals surface area contributed by atoms with Crippen molar-refractivity contribution in [1.29, 1.82) is 0 Å². The number of nitrogens with one attached hydrogen (secondary N) is 1. The predicted molar refractivity (Wildman–Crippen MR) is 127 cm³/mol. The zero-order chi connectivity index (χ0) is 23.7. The number of pyridine rings is 1. The van der Waals surface area contributed by atoms with E-state index >= 15 is 0 Å². The van der Waals surface area contributed by atoms with Crippen LogP contribution >= 0.6 is 11.6 Å². The molecular weight excluding hydrogens is 444 g/mol. The summed E-state index contributed by atoms with van der Waals surface area (Å²) in [5.74, 6) is -1.03. The Hall–Kier alpha value is -3.32. The highest BCUT2D eigenvalue weighted by Crippen LogP contribution is 2.34. The molecule has 0 bridgehead atoms. The van der Waals surface area contributed by atoms with E-state index in [0.29, 0.717) is 42.1 Å². The standard InChI is InChI=1S/C25H25ClN2O5/c1-14-3-5-19(22(26)11-14)21-13-27-23(29)20-12-17(4-6-18(20)21)33-15(2)24(30)28-9-7-16(8-10-28)25(31)32/h3-6,11-13,15-16H,7-10H2,1-2H3,(H,27,29)(H,31,32)/t15-/m1/s1. The number of likely N-dealkylation sites (tertiary alicyclic amines) is 1. The fraction of sp³-hybridized carbons (Fsp3) is 0.320. The van der Waals surface area contributed by atoms with Crippen molar-refractivity contribution in [1.82, 2.24) is 9.88 Å². The molecule has 0 saturated carbocycles. The number of aryl methyl sites for hydroxylation is 1. The van der Waals surface area contributed by atoms with Gasteiger partial charge in [0.15, 0.2) is 6.10 Å². The second kappa shape index (κ2) is 9.27. The molecule has 2 N–H and O–H groups in total. The summed E-state index contributed by atoms with van der Waals surface area (Å²) in [7, 11) is 0. The summed E-state index contributed by atoms with van der Waals surface area (Å²) in [5.41, 5.74) is 2.38. The molecule has 1 amide bonds. The van der Waals surface area contributed by atoms with Crippen LogP contribution in [0.25, 0.3) is 21.9 Å². The van der Waals surface area contributed by atoms with Crippen LogP contribution in [0.15, 0.2) is 47.4 Å². The number of hydrogen-bond donors (Lipinski definition) is 2. The minimum absolute atomic E-state index is 0.201. The maximum absolute atomic E-state index is 12.8. The van der Waals surface area contributed by atoms with E-state index < -0.39 is 18.0 Å². The molecule has 1 saturated heterocycles. The molecule has 33 heavy (non-hydrogen) atoms. The lowest BCUT2D eigenvalue weighted by atomic mass is 9.97. The van der Waals surface area contributed by atoms with Gasteiger partial charge in [-0.1, -0.05) is 23.7 Å². The molecule has 0 unspecified atom stereocenters. The number of hydrogen-bond acceptors (Lipinski definition) is 4. The van der Waals surface area contributed by atoms with Gasteiger partial charge in [-0.05, 0) is 61.9 Å². The van der Waals surface area contributed by atoms with E-state index in [2.05, 4.69) is 4.98 Å². The number of carbonyl (C=O) groups excluding carboxylic acids is 1. The number of benzene rings is 2.